The van der Waals surface area contributed by atoms with E-state index in [1.807, 2.05) is 28.5 Å². The molecule has 1 unspecified atom stereocenters. The van der Waals surface area contributed by atoms with Gasteiger partial charge in [0.1, 0.15) is 4.70 Å². The average molecular weight is 455 g/mol. The van der Waals surface area contributed by atoms with Crippen LogP contribution in [-0.2, 0) is 4.79 Å². The van der Waals surface area contributed by atoms with Crippen molar-refractivity contribution in [2.24, 2.45) is 5.92 Å². The lowest BCUT2D eigenvalue weighted by Crippen LogP contribution is -2.44. The van der Waals surface area contributed by atoms with Crippen molar-refractivity contribution in [3.63, 3.8) is 0 Å². The second kappa shape index (κ2) is 9.44. The minimum absolute atomic E-state index is 0.000393. The summed E-state index contributed by atoms with van der Waals surface area (Å²) in [4.78, 5) is 34.9. The number of piperidine rings is 1. The number of H-pyrrole nitrogens is 1. The van der Waals surface area contributed by atoms with Crippen LogP contribution in [0.25, 0.3) is 21.3 Å². The number of hydrogen-bond donors (Lipinski definition) is 2. The molecule has 0 spiro atoms. The number of hydrogen-bond acceptors (Lipinski definition) is 7. The van der Waals surface area contributed by atoms with Crippen molar-refractivity contribution in [2.45, 2.75) is 12.8 Å². The first-order valence-corrected chi connectivity index (χ1v) is 11.3. The van der Waals surface area contributed by atoms with E-state index in [0.717, 1.165) is 30.5 Å². The Hall–Kier alpha value is -3.33. The van der Waals surface area contributed by atoms with Crippen molar-refractivity contribution in [2.75, 3.05) is 38.8 Å². The third-order valence-electron chi connectivity index (χ3n) is 5.62. The molecule has 0 bridgehead atoms. The van der Waals surface area contributed by atoms with E-state index >= 15 is 0 Å². The number of fused-ring (bicyclic) bond motifs is 1. The van der Waals surface area contributed by atoms with Gasteiger partial charge < -0.3 is 19.7 Å². The van der Waals surface area contributed by atoms with Crippen LogP contribution in [0.4, 0.5) is 5.95 Å². The predicted molar refractivity (Wildman–Crippen MR) is 127 cm³/mol. The molecule has 1 aromatic carbocycles. The van der Waals surface area contributed by atoms with Crippen LogP contribution in [-0.4, -0.2) is 49.7 Å². The van der Waals surface area contributed by atoms with Gasteiger partial charge in [0.2, 0.25) is 11.9 Å². The molecule has 1 aliphatic rings. The van der Waals surface area contributed by atoms with Gasteiger partial charge in [-0.2, -0.15) is 0 Å². The van der Waals surface area contributed by atoms with E-state index in [1.165, 1.54) is 11.3 Å². The van der Waals surface area contributed by atoms with Gasteiger partial charge in [0, 0.05) is 30.6 Å². The maximum absolute atomic E-state index is 12.8. The number of benzene rings is 1. The standard InChI is InChI=1S/C23H26N4O4S/c1-4-9-24-21(28)15-6-5-10-27(12-15)23-25-19-16(13-32-20(19)22(29)26-23)14-7-8-17(30-2)18(11-14)31-3/h4,7-8,11,13,15H,1,5-6,9-10,12H2,2-3H3,(H,24,28)(H,25,26,29). The molecule has 1 saturated heterocycles. The van der Waals surface area contributed by atoms with Crippen molar-refractivity contribution < 1.29 is 14.3 Å². The van der Waals surface area contributed by atoms with Crippen molar-refractivity contribution in [3.05, 3.63) is 46.6 Å². The summed E-state index contributed by atoms with van der Waals surface area (Å²) in [7, 11) is 3.18. The van der Waals surface area contributed by atoms with Crippen LogP contribution < -0.4 is 25.2 Å². The molecule has 8 nitrogen and oxygen atoms in total. The molecular weight excluding hydrogens is 428 g/mol. The van der Waals surface area contributed by atoms with Gasteiger partial charge in [-0.1, -0.05) is 12.1 Å². The summed E-state index contributed by atoms with van der Waals surface area (Å²) in [6.45, 7) is 5.32. The average Bonchev–Trinajstić information content (AvgIpc) is 3.26. The number of ether oxygens (including phenoxy) is 2. The van der Waals surface area contributed by atoms with E-state index in [4.69, 9.17) is 14.5 Å². The van der Waals surface area contributed by atoms with E-state index in [2.05, 4.69) is 16.9 Å². The van der Waals surface area contributed by atoms with Gasteiger partial charge in [-0.05, 0) is 30.5 Å². The molecule has 2 aromatic heterocycles. The minimum Gasteiger partial charge on any atom is -0.493 e. The number of carbonyl (C=O) groups excluding carboxylic acids is 1. The van der Waals surface area contributed by atoms with Crippen LogP contribution in [0.3, 0.4) is 0 Å². The molecular formula is C23H26N4O4S. The van der Waals surface area contributed by atoms with E-state index in [0.29, 0.717) is 40.8 Å². The second-order valence-corrected chi connectivity index (χ2v) is 8.49. The monoisotopic (exact) mass is 454 g/mol. The fourth-order valence-electron chi connectivity index (χ4n) is 3.97. The molecule has 168 valence electrons. The maximum atomic E-state index is 12.8. The number of rotatable bonds is 7. The number of nitrogens with zero attached hydrogens (tertiary/aromatic N) is 2. The van der Waals surface area contributed by atoms with Crippen LogP contribution in [0.5, 0.6) is 11.5 Å². The first-order chi connectivity index (χ1) is 15.5. The van der Waals surface area contributed by atoms with Gasteiger partial charge in [-0.3, -0.25) is 14.6 Å². The Morgan fingerprint density at radius 3 is 2.94 bits per heavy atom. The van der Waals surface area contributed by atoms with E-state index in [9.17, 15) is 9.59 Å². The van der Waals surface area contributed by atoms with Crippen LogP contribution >= 0.6 is 11.3 Å². The molecule has 4 rings (SSSR count). The summed E-state index contributed by atoms with van der Waals surface area (Å²) in [5.74, 6) is 1.58. The number of aromatic nitrogens is 2. The fraction of sp³-hybridized carbons (Fsp3) is 0.348. The highest BCUT2D eigenvalue weighted by Gasteiger charge is 2.27. The number of methoxy groups -OCH3 is 2. The first-order valence-electron chi connectivity index (χ1n) is 10.4. The smallest absolute Gasteiger partial charge is 0.270 e. The highest BCUT2D eigenvalue weighted by Crippen LogP contribution is 2.37. The quantitative estimate of drug-likeness (QED) is 0.533. The maximum Gasteiger partial charge on any atom is 0.270 e. The van der Waals surface area contributed by atoms with Crippen molar-refractivity contribution in [3.8, 4) is 22.6 Å². The zero-order valence-electron chi connectivity index (χ0n) is 18.1. The molecule has 1 atom stereocenters. The number of amides is 1. The second-order valence-electron chi connectivity index (χ2n) is 7.61. The molecule has 2 N–H and O–H groups in total. The van der Waals surface area contributed by atoms with Gasteiger partial charge in [-0.25, -0.2) is 4.98 Å². The SMILES string of the molecule is C=CCNC(=O)C1CCCN(c2nc3c(-c4ccc(OC)c(OC)c4)csc3c(=O)[nH]2)C1. The summed E-state index contributed by atoms with van der Waals surface area (Å²) in [5, 5.41) is 4.80. The normalized spacial score (nSPS) is 16.1. The Balaban J connectivity index is 1.69. The molecule has 1 amide bonds. The number of thiophene rings is 1. The Morgan fingerprint density at radius 2 is 2.19 bits per heavy atom. The third-order valence-corrected chi connectivity index (χ3v) is 6.59. The Kier molecular flexibility index (Phi) is 6.45. The number of carbonyl (C=O) groups is 1. The zero-order valence-corrected chi connectivity index (χ0v) is 19.0. The molecule has 32 heavy (non-hydrogen) atoms. The fourth-order valence-corrected chi connectivity index (χ4v) is 4.88. The molecule has 0 radical (unpaired) electrons. The van der Waals surface area contributed by atoms with Crippen molar-refractivity contribution in [1.29, 1.82) is 0 Å². The summed E-state index contributed by atoms with van der Waals surface area (Å²) >= 11 is 1.36. The van der Waals surface area contributed by atoms with Crippen LogP contribution in [0.15, 0.2) is 41.0 Å². The van der Waals surface area contributed by atoms with Crippen LogP contribution in [0.2, 0.25) is 0 Å². The molecule has 3 aromatic rings. The molecule has 1 aliphatic heterocycles. The highest BCUT2D eigenvalue weighted by atomic mass is 32.1. The lowest BCUT2D eigenvalue weighted by Gasteiger charge is -2.32. The summed E-state index contributed by atoms with van der Waals surface area (Å²) in [6.07, 6.45) is 3.32. The summed E-state index contributed by atoms with van der Waals surface area (Å²) < 4.78 is 11.3. The van der Waals surface area contributed by atoms with E-state index < -0.39 is 0 Å². The number of anilines is 1. The van der Waals surface area contributed by atoms with Crippen LogP contribution in [0, 0.1) is 5.92 Å². The van der Waals surface area contributed by atoms with Gasteiger partial charge in [-0.15, -0.1) is 17.9 Å². The lowest BCUT2D eigenvalue weighted by molar-refractivity contribution is -0.125. The topological polar surface area (TPSA) is 96.6 Å². The van der Waals surface area contributed by atoms with E-state index in [1.54, 1.807) is 20.3 Å². The van der Waals surface area contributed by atoms with Gasteiger partial charge in [0.05, 0.1) is 25.7 Å². The zero-order chi connectivity index (χ0) is 22.7. The lowest BCUT2D eigenvalue weighted by atomic mass is 9.97. The predicted octanol–water partition coefficient (Wildman–Crippen LogP) is 3.19. The van der Waals surface area contributed by atoms with Gasteiger partial charge >= 0.3 is 0 Å². The largest absolute Gasteiger partial charge is 0.493 e. The Morgan fingerprint density at radius 1 is 1.38 bits per heavy atom. The molecule has 3 heterocycles. The molecule has 0 aliphatic carbocycles. The van der Waals surface area contributed by atoms with E-state index in [-0.39, 0.29) is 17.4 Å². The molecule has 9 heteroatoms. The van der Waals surface area contributed by atoms with Crippen LogP contribution in [0.1, 0.15) is 12.8 Å². The van der Waals surface area contributed by atoms with Gasteiger partial charge in [0.15, 0.2) is 11.5 Å². The van der Waals surface area contributed by atoms with Crippen molar-refractivity contribution >= 4 is 33.4 Å². The number of aromatic amines is 1. The molecule has 0 saturated carbocycles. The summed E-state index contributed by atoms with van der Waals surface area (Å²) in [6, 6.07) is 5.64. The Labute approximate surface area is 189 Å². The first kappa shape index (κ1) is 21.9. The third kappa shape index (κ3) is 4.20. The Bertz CT molecular complexity index is 1200. The summed E-state index contributed by atoms with van der Waals surface area (Å²) in [5.41, 5.74) is 2.20. The van der Waals surface area contributed by atoms with Gasteiger partial charge in [0.25, 0.3) is 5.56 Å². The number of nitrogens with one attached hydrogen (secondary N) is 2. The highest BCUT2D eigenvalue weighted by molar-refractivity contribution is 7.17. The molecule has 1 fully saturated rings. The van der Waals surface area contributed by atoms with Crippen molar-refractivity contribution in [1.82, 2.24) is 15.3 Å². The minimum atomic E-state index is -0.181.